The molecular weight excluding hydrogens is 256 g/mol. The number of carbonyl (C=O) groups excluding carboxylic acids is 1. The van der Waals surface area contributed by atoms with Gasteiger partial charge in [-0.2, -0.15) is 0 Å². The maximum atomic E-state index is 11.8. The number of aliphatic carboxylic acids is 1. The first-order valence-electron chi connectivity index (χ1n) is 7.81. The summed E-state index contributed by atoms with van der Waals surface area (Å²) in [6, 6.07) is -0.0140. The quantitative estimate of drug-likeness (QED) is 0.672. The van der Waals surface area contributed by atoms with Crippen LogP contribution >= 0.6 is 0 Å². The Labute approximate surface area is 121 Å². The first-order chi connectivity index (χ1) is 9.54. The second kappa shape index (κ2) is 8.82. The number of unbranched alkanes of at least 4 members (excludes halogenated alkanes) is 1. The van der Waals surface area contributed by atoms with Gasteiger partial charge in [-0.3, -0.25) is 4.79 Å². The van der Waals surface area contributed by atoms with Gasteiger partial charge < -0.3 is 15.7 Å². The summed E-state index contributed by atoms with van der Waals surface area (Å²) in [4.78, 5) is 22.9. The maximum absolute atomic E-state index is 11.8. The van der Waals surface area contributed by atoms with Gasteiger partial charge in [-0.15, -0.1) is 0 Å². The number of carboxylic acid groups (broad SMARTS) is 1. The summed E-state index contributed by atoms with van der Waals surface area (Å²) in [7, 11) is 0. The molecule has 0 aromatic heterocycles. The Kier molecular flexibility index (Phi) is 7.41. The van der Waals surface area contributed by atoms with Gasteiger partial charge in [0.1, 0.15) is 0 Å². The third kappa shape index (κ3) is 5.80. The lowest BCUT2D eigenvalue weighted by Crippen LogP contribution is -2.44. The molecule has 1 aliphatic rings. The zero-order valence-electron chi connectivity index (χ0n) is 12.7. The molecule has 0 aromatic rings. The lowest BCUT2D eigenvalue weighted by atomic mass is 9.79. The number of carbonyl (C=O) groups is 2. The van der Waals surface area contributed by atoms with Crippen LogP contribution in [0.25, 0.3) is 0 Å². The molecule has 5 heteroatoms. The average molecular weight is 284 g/mol. The van der Waals surface area contributed by atoms with E-state index in [2.05, 4.69) is 17.6 Å². The fourth-order valence-corrected chi connectivity index (χ4v) is 2.86. The zero-order chi connectivity index (χ0) is 15.0. The first kappa shape index (κ1) is 16.8. The van der Waals surface area contributed by atoms with Gasteiger partial charge in [0.25, 0.3) is 0 Å². The molecule has 3 atom stereocenters. The van der Waals surface area contributed by atoms with Crippen LogP contribution in [-0.2, 0) is 4.79 Å². The highest BCUT2D eigenvalue weighted by molar-refractivity contribution is 5.74. The molecule has 5 nitrogen and oxygen atoms in total. The van der Waals surface area contributed by atoms with E-state index in [1.165, 1.54) is 0 Å². The fraction of sp³-hybridized carbons (Fsp3) is 0.867. The number of hydrogen-bond acceptors (Lipinski definition) is 2. The van der Waals surface area contributed by atoms with Crippen LogP contribution in [0.3, 0.4) is 0 Å². The van der Waals surface area contributed by atoms with E-state index in [0.717, 1.165) is 44.9 Å². The van der Waals surface area contributed by atoms with E-state index < -0.39 is 5.97 Å². The summed E-state index contributed by atoms with van der Waals surface area (Å²) in [5.74, 6) is -0.965. The van der Waals surface area contributed by atoms with Crippen LogP contribution in [0.1, 0.15) is 58.8 Å². The van der Waals surface area contributed by atoms with E-state index in [1.54, 1.807) is 0 Å². The zero-order valence-corrected chi connectivity index (χ0v) is 12.7. The molecule has 116 valence electrons. The van der Waals surface area contributed by atoms with Crippen molar-refractivity contribution in [1.82, 2.24) is 10.6 Å². The predicted molar refractivity (Wildman–Crippen MR) is 78.6 cm³/mol. The van der Waals surface area contributed by atoms with Crippen molar-refractivity contribution in [1.29, 1.82) is 0 Å². The fourth-order valence-electron chi connectivity index (χ4n) is 2.86. The molecule has 0 saturated heterocycles. The molecule has 0 spiro atoms. The molecular formula is C15H28N2O3. The average Bonchev–Trinajstić information content (AvgIpc) is 2.43. The number of rotatable bonds is 7. The van der Waals surface area contributed by atoms with E-state index in [9.17, 15) is 14.7 Å². The minimum absolute atomic E-state index is 0.0675. The molecule has 3 unspecified atom stereocenters. The number of carboxylic acids is 1. The lowest BCUT2D eigenvalue weighted by Gasteiger charge is -2.28. The van der Waals surface area contributed by atoms with Crippen molar-refractivity contribution in [2.75, 3.05) is 6.54 Å². The molecule has 1 rings (SSSR count). The van der Waals surface area contributed by atoms with Gasteiger partial charge >= 0.3 is 12.0 Å². The number of nitrogens with one attached hydrogen (secondary N) is 2. The number of amides is 2. The third-order valence-corrected chi connectivity index (χ3v) is 4.12. The second-order valence-corrected chi connectivity index (χ2v) is 5.89. The van der Waals surface area contributed by atoms with E-state index >= 15 is 0 Å². The molecule has 0 radical (unpaired) electrons. The minimum atomic E-state index is -0.728. The molecule has 0 heterocycles. The summed E-state index contributed by atoms with van der Waals surface area (Å²) in [5, 5.41) is 14.9. The van der Waals surface area contributed by atoms with Gasteiger partial charge in [0.2, 0.25) is 0 Å². The summed E-state index contributed by atoms with van der Waals surface area (Å²) in [6.45, 7) is 4.58. The summed E-state index contributed by atoms with van der Waals surface area (Å²) in [5.41, 5.74) is 0. The molecule has 1 saturated carbocycles. The van der Waals surface area contributed by atoms with Gasteiger partial charge in [0.15, 0.2) is 0 Å². The van der Waals surface area contributed by atoms with Crippen LogP contribution in [0.4, 0.5) is 4.79 Å². The van der Waals surface area contributed by atoms with Crippen molar-refractivity contribution in [3.05, 3.63) is 0 Å². The Balaban J connectivity index is 2.30. The van der Waals surface area contributed by atoms with E-state index in [0.29, 0.717) is 6.54 Å². The van der Waals surface area contributed by atoms with Gasteiger partial charge in [-0.05, 0) is 32.1 Å². The van der Waals surface area contributed by atoms with Crippen molar-refractivity contribution in [2.24, 2.45) is 11.8 Å². The monoisotopic (exact) mass is 284 g/mol. The molecule has 20 heavy (non-hydrogen) atoms. The van der Waals surface area contributed by atoms with Crippen molar-refractivity contribution < 1.29 is 14.7 Å². The SMILES string of the molecule is CCCCC(C)NC(=O)NCC1CCCCC1C(=O)O. The van der Waals surface area contributed by atoms with Crippen molar-refractivity contribution >= 4 is 12.0 Å². The Morgan fingerprint density at radius 2 is 2.00 bits per heavy atom. The first-order valence-corrected chi connectivity index (χ1v) is 7.81. The van der Waals surface area contributed by atoms with Crippen LogP contribution in [0.2, 0.25) is 0 Å². The highest BCUT2D eigenvalue weighted by atomic mass is 16.4. The van der Waals surface area contributed by atoms with Crippen LogP contribution in [0.15, 0.2) is 0 Å². The molecule has 0 aliphatic heterocycles. The van der Waals surface area contributed by atoms with Crippen LogP contribution in [0, 0.1) is 11.8 Å². The second-order valence-electron chi connectivity index (χ2n) is 5.89. The van der Waals surface area contributed by atoms with Crippen LogP contribution in [0.5, 0.6) is 0 Å². The van der Waals surface area contributed by atoms with Gasteiger partial charge in [-0.1, -0.05) is 32.6 Å². The molecule has 1 fully saturated rings. The van der Waals surface area contributed by atoms with Crippen molar-refractivity contribution in [3.8, 4) is 0 Å². The predicted octanol–water partition coefficient (Wildman–Crippen LogP) is 2.76. The topological polar surface area (TPSA) is 78.4 Å². The lowest BCUT2D eigenvalue weighted by molar-refractivity contribution is -0.144. The molecule has 1 aliphatic carbocycles. The molecule has 0 bridgehead atoms. The molecule has 2 amide bonds. The smallest absolute Gasteiger partial charge is 0.315 e. The Morgan fingerprint density at radius 3 is 2.65 bits per heavy atom. The Morgan fingerprint density at radius 1 is 1.30 bits per heavy atom. The largest absolute Gasteiger partial charge is 0.481 e. The summed E-state index contributed by atoms with van der Waals surface area (Å²) < 4.78 is 0. The Hall–Kier alpha value is -1.26. The van der Waals surface area contributed by atoms with E-state index in [4.69, 9.17) is 0 Å². The van der Waals surface area contributed by atoms with Crippen molar-refractivity contribution in [3.63, 3.8) is 0 Å². The number of hydrogen-bond donors (Lipinski definition) is 3. The van der Waals surface area contributed by atoms with E-state index in [1.807, 2.05) is 6.92 Å². The van der Waals surface area contributed by atoms with Gasteiger partial charge in [-0.25, -0.2) is 4.79 Å². The number of urea groups is 1. The summed E-state index contributed by atoms with van der Waals surface area (Å²) in [6.07, 6.45) is 6.86. The van der Waals surface area contributed by atoms with Crippen LogP contribution in [-0.4, -0.2) is 29.7 Å². The minimum Gasteiger partial charge on any atom is -0.481 e. The third-order valence-electron chi connectivity index (χ3n) is 4.12. The maximum Gasteiger partial charge on any atom is 0.315 e. The summed E-state index contributed by atoms with van der Waals surface area (Å²) >= 11 is 0. The van der Waals surface area contributed by atoms with Crippen LogP contribution < -0.4 is 10.6 Å². The normalized spacial score (nSPS) is 23.9. The standard InChI is InChI=1S/C15H28N2O3/c1-3-4-7-11(2)17-15(20)16-10-12-8-5-6-9-13(12)14(18)19/h11-13H,3-10H2,1-2H3,(H,18,19)(H2,16,17,20). The van der Waals surface area contributed by atoms with Crippen molar-refractivity contribution in [2.45, 2.75) is 64.8 Å². The van der Waals surface area contributed by atoms with E-state index in [-0.39, 0.29) is 23.9 Å². The highest BCUT2D eigenvalue weighted by Gasteiger charge is 2.30. The van der Waals surface area contributed by atoms with Gasteiger partial charge in [0.05, 0.1) is 5.92 Å². The molecule has 3 N–H and O–H groups in total. The molecule has 0 aromatic carbocycles. The highest BCUT2D eigenvalue weighted by Crippen LogP contribution is 2.29. The van der Waals surface area contributed by atoms with Gasteiger partial charge in [0, 0.05) is 12.6 Å². The Bertz CT molecular complexity index is 320.